The largest absolute Gasteiger partial charge is 0.508 e. The van der Waals surface area contributed by atoms with Crippen LogP contribution in [0.25, 0.3) is 0 Å². The minimum Gasteiger partial charge on any atom is -0.508 e. The molecular weight excluding hydrogens is 196 g/mol. The predicted octanol–water partition coefficient (Wildman–Crippen LogP) is 0.530. The summed E-state index contributed by atoms with van der Waals surface area (Å²) in [5.41, 5.74) is 6.67. The van der Waals surface area contributed by atoms with Gasteiger partial charge in [-0.15, -0.1) is 0 Å². The Hall–Kier alpha value is -1.75. The number of hydrogen-bond acceptors (Lipinski definition) is 3. The van der Waals surface area contributed by atoms with Crippen molar-refractivity contribution in [3.63, 3.8) is 0 Å². The van der Waals surface area contributed by atoms with Crippen molar-refractivity contribution < 1.29 is 15.0 Å². The topological polar surface area (TPSA) is 95.6 Å². The molecule has 0 spiro atoms. The average molecular weight is 210 g/mol. The number of aromatic hydroxyl groups is 1. The zero-order valence-corrected chi connectivity index (χ0v) is 8.18. The highest BCUT2D eigenvalue weighted by Gasteiger charge is 2.05. The number of carboxylic acid groups (broad SMARTS) is 1. The lowest BCUT2D eigenvalue weighted by Crippen LogP contribution is -2.37. The Kier molecular flexibility index (Phi) is 3.93. The molecule has 0 unspecified atom stereocenters. The molecule has 1 aromatic carbocycles. The molecule has 0 saturated carbocycles. The molecule has 0 fully saturated rings. The van der Waals surface area contributed by atoms with E-state index in [1.54, 1.807) is 24.3 Å². The van der Waals surface area contributed by atoms with E-state index in [9.17, 15) is 4.79 Å². The summed E-state index contributed by atoms with van der Waals surface area (Å²) < 4.78 is 0. The van der Waals surface area contributed by atoms with Crippen LogP contribution in [0.15, 0.2) is 24.3 Å². The van der Waals surface area contributed by atoms with Crippen molar-refractivity contribution in [2.45, 2.75) is 12.5 Å². The molecule has 0 aliphatic carbocycles. The smallest absolute Gasteiger partial charge is 0.404 e. The summed E-state index contributed by atoms with van der Waals surface area (Å²) in [5.74, 6) is 0.205. The Morgan fingerprint density at radius 2 is 2.00 bits per heavy atom. The van der Waals surface area contributed by atoms with Gasteiger partial charge in [-0.05, 0) is 24.1 Å². The number of nitrogens with one attached hydrogen (secondary N) is 1. The quantitative estimate of drug-likeness (QED) is 0.583. The summed E-state index contributed by atoms with van der Waals surface area (Å²) in [4.78, 5) is 10.2. The van der Waals surface area contributed by atoms with Crippen molar-refractivity contribution in [3.05, 3.63) is 29.8 Å². The van der Waals surface area contributed by atoms with Crippen molar-refractivity contribution >= 4 is 6.09 Å². The Labute approximate surface area is 87.5 Å². The van der Waals surface area contributed by atoms with Crippen LogP contribution in [-0.2, 0) is 6.42 Å². The van der Waals surface area contributed by atoms with Crippen LogP contribution < -0.4 is 11.1 Å². The van der Waals surface area contributed by atoms with E-state index < -0.39 is 6.09 Å². The summed E-state index contributed by atoms with van der Waals surface area (Å²) in [7, 11) is 0. The molecule has 1 aromatic rings. The van der Waals surface area contributed by atoms with E-state index in [1.165, 1.54) is 0 Å². The third kappa shape index (κ3) is 4.33. The van der Waals surface area contributed by atoms with Gasteiger partial charge in [0, 0.05) is 12.6 Å². The van der Waals surface area contributed by atoms with Crippen molar-refractivity contribution in [3.8, 4) is 5.75 Å². The zero-order chi connectivity index (χ0) is 11.3. The molecule has 0 aliphatic rings. The second-order valence-corrected chi connectivity index (χ2v) is 3.32. The van der Waals surface area contributed by atoms with Crippen LogP contribution in [0.5, 0.6) is 5.75 Å². The van der Waals surface area contributed by atoms with Crippen LogP contribution >= 0.6 is 0 Å². The minimum atomic E-state index is -1.07. The maximum absolute atomic E-state index is 10.2. The highest BCUT2D eigenvalue weighted by molar-refractivity contribution is 5.64. The SMILES string of the molecule is N[C@H](CNC(=O)O)Cc1ccc(O)cc1. The number of phenols is 1. The minimum absolute atomic E-state index is 0.205. The molecule has 0 aromatic heterocycles. The van der Waals surface area contributed by atoms with E-state index in [2.05, 4.69) is 5.32 Å². The fourth-order valence-corrected chi connectivity index (χ4v) is 1.23. The van der Waals surface area contributed by atoms with Gasteiger partial charge in [-0.1, -0.05) is 12.1 Å². The molecule has 5 nitrogen and oxygen atoms in total. The van der Waals surface area contributed by atoms with E-state index in [0.717, 1.165) is 5.56 Å². The molecule has 1 rings (SSSR count). The number of benzene rings is 1. The first-order valence-electron chi connectivity index (χ1n) is 4.58. The van der Waals surface area contributed by atoms with Gasteiger partial charge in [0.15, 0.2) is 0 Å². The fourth-order valence-electron chi connectivity index (χ4n) is 1.23. The van der Waals surface area contributed by atoms with E-state index in [1.807, 2.05) is 0 Å². The monoisotopic (exact) mass is 210 g/mol. The van der Waals surface area contributed by atoms with Gasteiger partial charge < -0.3 is 21.3 Å². The zero-order valence-electron chi connectivity index (χ0n) is 8.18. The number of amides is 1. The van der Waals surface area contributed by atoms with Crippen molar-refractivity contribution in [2.24, 2.45) is 5.73 Å². The third-order valence-electron chi connectivity index (χ3n) is 1.95. The van der Waals surface area contributed by atoms with E-state index in [4.69, 9.17) is 15.9 Å². The molecule has 1 atom stereocenters. The molecular formula is C10H14N2O3. The van der Waals surface area contributed by atoms with Gasteiger partial charge in [0.05, 0.1) is 0 Å². The van der Waals surface area contributed by atoms with Gasteiger partial charge in [0.25, 0.3) is 0 Å². The number of hydrogen-bond donors (Lipinski definition) is 4. The molecule has 1 amide bonds. The highest BCUT2D eigenvalue weighted by Crippen LogP contribution is 2.10. The van der Waals surface area contributed by atoms with Crippen LogP contribution in [-0.4, -0.2) is 28.9 Å². The first-order valence-corrected chi connectivity index (χ1v) is 4.58. The number of rotatable bonds is 4. The molecule has 82 valence electrons. The van der Waals surface area contributed by atoms with Crippen molar-refractivity contribution in [1.82, 2.24) is 5.32 Å². The van der Waals surface area contributed by atoms with Crippen molar-refractivity contribution in [2.75, 3.05) is 6.54 Å². The molecule has 5 N–H and O–H groups in total. The van der Waals surface area contributed by atoms with Crippen LogP contribution in [0, 0.1) is 0 Å². The molecule has 0 bridgehead atoms. The Balaban J connectivity index is 2.40. The summed E-state index contributed by atoms with van der Waals surface area (Å²) in [6.07, 6.45) is -0.503. The van der Waals surface area contributed by atoms with Gasteiger partial charge in [0.2, 0.25) is 0 Å². The average Bonchev–Trinajstić information content (AvgIpc) is 2.19. The Morgan fingerprint density at radius 3 is 2.53 bits per heavy atom. The predicted molar refractivity (Wildman–Crippen MR) is 55.8 cm³/mol. The van der Waals surface area contributed by atoms with Gasteiger partial charge in [0.1, 0.15) is 5.75 Å². The molecule has 5 heteroatoms. The van der Waals surface area contributed by atoms with Gasteiger partial charge in [-0.3, -0.25) is 0 Å². The lowest BCUT2D eigenvalue weighted by Gasteiger charge is -2.11. The van der Waals surface area contributed by atoms with Crippen LogP contribution in [0.4, 0.5) is 4.79 Å². The normalized spacial score (nSPS) is 12.1. The standard InChI is InChI=1S/C10H14N2O3/c11-8(6-12-10(14)15)5-7-1-3-9(13)4-2-7/h1-4,8,12-13H,5-6,11H2,(H,14,15)/t8-/m0/s1. The molecule has 0 aliphatic heterocycles. The first-order chi connectivity index (χ1) is 7.08. The molecule has 0 heterocycles. The van der Waals surface area contributed by atoms with Crippen LogP contribution in [0.3, 0.4) is 0 Å². The van der Waals surface area contributed by atoms with E-state index >= 15 is 0 Å². The summed E-state index contributed by atoms with van der Waals surface area (Å²) in [5, 5.41) is 19.6. The number of phenolic OH excluding ortho intramolecular Hbond substituents is 1. The van der Waals surface area contributed by atoms with Crippen LogP contribution in [0.1, 0.15) is 5.56 Å². The van der Waals surface area contributed by atoms with Crippen molar-refractivity contribution in [1.29, 1.82) is 0 Å². The Morgan fingerprint density at radius 1 is 1.40 bits per heavy atom. The van der Waals surface area contributed by atoms with Gasteiger partial charge in [-0.25, -0.2) is 4.79 Å². The first kappa shape index (κ1) is 11.3. The maximum atomic E-state index is 10.2. The molecule has 0 radical (unpaired) electrons. The highest BCUT2D eigenvalue weighted by atomic mass is 16.4. The number of carbonyl (C=O) groups is 1. The lowest BCUT2D eigenvalue weighted by atomic mass is 10.1. The second-order valence-electron chi connectivity index (χ2n) is 3.32. The summed E-state index contributed by atoms with van der Waals surface area (Å²) in [6.45, 7) is 0.218. The van der Waals surface area contributed by atoms with E-state index in [0.29, 0.717) is 6.42 Å². The fraction of sp³-hybridized carbons (Fsp3) is 0.300. The third-order valence-corrected chi connectivity index (χ3v) is 1.95. The maximum Gasteiger partial charge on any atom is 0.404 e. The number of nitrogens with two attached hydrogens (primary N) is 1. The van der Waals surface area contributed by atoms with Gasteiger partial charge in [-0.2, -0.15) is 0 Å². The molecule has 0 saturated heterocycles. The Bertz CT molecular complexity index is 324. The summed E-state index contributed by atoms with van der Waals surface area (Å²) >= 11 is 0. The van der Waals surface area contributed by atoms with Gasteiger partial charge >= 0.3 is 6.09 Å². The lowest BCUT2D eigenvalue weighted by molar-refractivity contribution is 0.193. The second kappa shape index (κ2) is 5.21. The summed E-state index contributed by atoms with van der Waals surface area (Å²) in [6, 6.07) is 6.41. The van der Waals surface area contributed by atoms with Crippen LogP contribution in [0.2, 0.25) is 0 Å². The molecule has 15 heavy (non-hydrogen) atoms. The van der Waals surface area contributed by atoms with E-state index in [-0.39, 0.29) is 18.3 Å².